The van der Waals surface area contributed by atoms with Gasteiger partial charge < -0.3 is 24.3 Å². The molecule has 3 rings (SSSR count). The van der Waals surface area contributed by atoms with E-state index in [9.17, 15) is 13.6 Å². The smallest absolute Gasteiger partial charge is 0.387 e. The third-order valence-electron chi connectivity index (χ3n) is 5.10. The molecule has 1 aromatic rings. The van der Waals surface area contributed by atoms with E-state index < -0.39 is 12.2 Å². The van der Waals surface area contributed by atoms with Gasteiger partial charge in [-0.05, 0) is 43.4 Å². The first-order valence-electron chi connectivity index (χ1n) is 9.06. The van der Waals surface area contributed by atoms with Crippen LogP contribution in [0.4, 0.5) is 8.78 Å². The molecular weight excluding hydrogens is 360 g/mol. The number of carbonyl (C=O) groups is 1. The van der Waals surface area contributed by atoms with Crippen molar-refractivity contribution in [3.63, 3.8) is 0 Å². The monoisotopic (exact) mass is 385 g/mol. The molecule has 0 unspecified atom stereocenters. The van der Waals surface area contributed by atoms with Crippen molar-refractivity contribution >= 4 is 5.91 Å². The molecule has 0 bridgehead atoms. The lowest BCUT2D eigenvalue weighted by Gasteiger charge is -2.47. The second-order valence-corrected chi connectivity index (χ2v) is 7.03. The molecule has 0 radical (unpaired) electrons. The quantitative estimate of drug-likeness (QED) is 0.843. The van der Waals surface area contributed by atoms with Gasteiger partial charge in [-0.3, -0.25) is 4.79 Å². The van der Waals surface area contributed by atoms with Crippen molar-refractivity contribution in [2.45, 2.75) is 57.0 Å². The van der Waals surface area contributed by atoms with Gasteiger partial charge in [-0.15, -0.1) is 0 Å². The maximum atomic E-state index is 12.7. The van der Waals surface area contributed by atoms with Gasteiger partial charge in [0.1, 0.15) is 0 Å². The Bertz CT molecular complexity index is 664. The van der Waals surface area contributed by atoms with Crippen LogP contribution < -0.4 is 14.8 Å². The molecular formula is C19H25F2NO5. The standard InChI is InChI=1S/C19H25F2NO5/c1-12(23)22-14-10-16(27-19(11-14)5-7-25-8-6-19)13-3-4-15(24-2)17(9-13)26-18(20)21/h3-4,9,14,16,18H,5-8,10-11H2,1-2H3,(H,22,23)/t14-,16-/m1/s1. The van der Waals surface area contributed by atoms with E-state index in [0.717, 1.165) is 12.8 Å². The normalized spacial score (nSPS) is 24.6. The minimum atomic E-state index is -2.95. The molecule has 1 N–H and O–H groups in total. The summed E-state index contributed by atoms with van der Waals surface area (Å²) in [5, 5.41) is 2.99. The highest BCUT2D eigenvalue weighted by atomic mass is 19.3. The van der Waals surface area contributed by atoms with E-state index in [1.807, 2.05) is 0 Å². The number of ether oxygens (including phenoxy) is 4. The third kappa shape index (κ3) is 4.87. The first-order chi connectivity index (χ1) is 12.9. The summed E-state index contributed by atoms with van der Waals surface area (Å²) in [4.78, 5) is 11.6. The lowest BCUT2D eigenvalue weighted by molar-refractivity contribution is -0.179. The highest BCUT2D eigenvalue weighted by Gasteiger charge is 2.43. The molecule has 2 aliphatic rings. The van der Waals surface area contributed by atoms with Gasteiger partial charge >= 0.3 is 6.61 Å². The Morgan fingerprint density at radius 3 is 2.67 bits per heavy atom. The van der Waals surface area contributed by atoms with Gasteiger partial charge in [-0.1, -0.05) is 6.07 Å². The highest BCUT2D eigenvalue weighted by Crippen LogP contribution is 2.44. The van der Waals surface area contributed by atoms with Crippen LogP contribution in [0.25, 0.3) is 0 Å². The molecule has 1 spiro atoms. The highest BCUT2D eigenvalue weighted by molar-refractivity contribution is 5.73. The number of amides is 1. The van der Waals surface area contributed by atoms with Crippen LogP contribution >= 0.6 is 0 Å². The second-order valence-electron chi connectivity index (χ2n) is 7.03. The number of hydrogen-bond acceptors (Lipinski definition) is 5. The molecule has 1 aromatic carbocycles. The third-order valence-corrected chi connectivity index (χ3v) is 5.10. The molecule has 0 saturated carbocycles. The van der Waals surface area contributed by atoms with Gasteiger partial charge in [0, 0.05) is 26.2 Å². The van der Waals surface area contributed by atoms with Crippen LogP contribution in [0.3, 0.4) is 0 Å². The van der Waals surface area contributed by atoms with E-state index in [-0.39, 0.29) is 29.6 Å². The van der Waals surface area contributed by atoms with Crippen LogP contribution in [-0.4, -0.2) is 44.5 Å². The Kier molecular flexibility index (Phi) is 6.16. The topological polar surface area (TPSA) is 66.0 Å². The molecule has 0 aliphatic carbocycles. The number of rotatable bonds is 5. The molecule has 2 saturated heterocycles. The SMILES string of the molecule is COc1ccc([C@H]2C[C@@H](NC(C)=O)CC3(CCOCC3)O2)cc1OC(F)F. The number of halogens is 2. The minimum Gasteiger partial charge on any atom is -0.493 e. The zero-order valence-corrected chi connectivity index (χ0v) is 15.5. The summed E-state index contributed by atoms with van der Waals surface area (Å²) >= 11 is 0. The predicted octanol–water partition coefficient (Wildman–Crippen LogP) is 3.20. The van der Waals surface area contributed by atoms with Crippen LogP contribution in [-0.2, 0) is 14.3 Å². The lowest BCUT2D eigenvalue weighted by Crippen LogP contribution is -2.51. The zero-order chi connectivity index (χ0) is 19.4. The molecule has 2 atom stereocenters. The van der Waals surface area contributed by atoms with Crippen molar-refractivity contribution in [2.24, 2.45) is 0 Å². The van der Waals surface area contributed by atoms with Crippen molar-refractivity contribution in [3.05, 3.63) is 23.8 Å². The van der Waals surface area contributed by atoms with Gasteiger partial charge in [-0.2, -0.15) is 8.78 Å². The van der Waals surface area contributed by atoms with Crippen LogP contribution in [0.5, 0.6) is 11.5 Å². The molecule has 2 fully saturated rings. The van der Waals surface area contributed by atoms with E-state index in [1.165, 1.54) is 20.1 Å². The molecule has 27 heavy (non-hydrogen) atoms. The van der Waals surface area contributed by atoms with E-state index in [1.54, 1.807) is 12.1 Å². The number of carbonyl (C=O) groups excluding carboxylic acids is 1. The van der Waals surface area contributed by atoms with Crippen LogP contribution in [0.15, 0.2) is 18.2 Å². The van der Waals surface area contributed by atoms with Gasteiger partial charge in [0.25, 0.3) is 0 Å². The van der Waals surface area contributed by atoms with E-state index >= 15 is 0 Å². The van der Waals surface area contributed by atoms with E-state index in [2.05, 4.69) is 10.1 Å². The fourth-order valence-electron chi connectivity index (χ4n) is 3.94. The second kappa shape index (κ2) is 8.39. The van der Waals surface area contributed by atoms with E-state index in [4.69, 9.17) is 14.2 Å². The molecule has 150 valence electrons. The van der Waals surface area contributed by atoms with Crippen LogP contribution in [0.1, 0.15) is 44.3 Å². The molecule has 2 aliphatic heterocycles. The average molecular weight is 385 g/mol. The average Bonchev–Trinajstić information content (AvgIpc) is 2.61. The maximum Gasteiger partial charge on any atom is 0.387 e. The Hall–Kier alpha value is -1.93. The largest absolute Gasteiger partial charge is 0.493 e. The summed E-state index contributed by atoms with van der Waals surface area (Å²) < 4.78 is 47.0. The summed E-state index contributed by atoms with van der Waals surface area (Å²) in [6, 6.07) is 4.85. The van der Waals surface area contributed by atoms with Crippen molar-refractivity contribution in [1.29, 1.82) is 0 Å². The summed E-state index contributed by atoms with van der Waals surface area (Å²) in [6.07, 6.45) is 2.39. The van der Waals surface area contributed by atoms with Gasteiger partial charge in [0.15, 0.2) is 11.5 Å². The van der Waals surface area contributed by atoms with Gasteiger partial charge in [-0.25, -0.2) is 0 Å². The maximum absolute atomic E-state index is 12.7. The van der Waals surface area contributed by atoms with Gasteiger partial charge in [0.05, 0.1) is 18.8 Å². The summed E-state index contributed by atoms with van der Waals surface area (Å²) in [6.45, 7) is -0.261. The van der Waals surface area contributed by atoms with Crippen molar-refractivity contribution in [2.75, 3.05) is 20.3 Å². The van der Waals surface area contributed by atoms with Crippen molar-refractivity contribution < 1.29 is 32.5 Å². The number of benzene rings is 1. The fourth-order valence-corrected chi connectivity index (χ4v) is 3.94. The van der Waals surface area contributed by atoms with Crippen molar-refractivity contribution in [1.82, 2.24) is 5.32 Å². The number of methoxy groups -OCH3 is 1. The Labute approximate surface area is 157 Å². The zero-order valence-electron chi connectivity index (χ0n) is 15.5. The lowest BCUT2D eigenvalue weighted by atomic mass is 9.81. The first kappa shape index (κ1) is 19.8. The molecule has 6 nitrogen and oxygen atoms in total. The van der Waals surface area contributed by atoms with Crippen LogP contribution in [0.2, 0.25) is 0 Å². The Morgan fingerprint density at radius 1 is 1.30 bits per heavy atom. The number of hydrogen-bond donors (Lipinski definition) is 1. The molecule has 1 amide bonds. The van der Waals surface area contributed by atoms with Crippen molar-refractivity contribution in [3.8, 4) is 11.5 Å². The minimum absolute atomic E-state index is 0.0312. The Balaban J connectivity index is 1.87. The Morgan fingerprint density at radius 2 is 2.04 bits per heavy atom. The summed E-state index contributed by atoms with van der Waals surface area (Å²) in [5.74, 6) is 0.102. The van der Waals surface area contributed by atoms with E-state index in [0.29, 0.717) is 31.6 Å². The number of nitrogens with one attached hydrogen (secondary N) is 1. The molecule has 8 heteroatoms. The summed E-state index contributed by atoms with van der Waals surface area (Å²) in [7, 11) is 1.40. The first-order valence-corrected chi connectivity index (χ1v) is 9.06. The molecule has 2 heterocycles. The van der Waals surface area contributed by atoms with Gasteiger partial charge in [0.2, 0.25) is 5.91 Å². The van der Waals surface area contributed by atoms with Crippen LogP contribution in [0, 0.1) is 0 Å². The number of alkyl halides is 2. The fraction of sp³-hybridized carbons (Fsp3) is 0.632. The predicted molar refractivity (Wildman–Crippen MR) is 93.1 cm³/mol. The summed E-state index contributed by atoms with van der Waals surface area (Å²) in [5.41, 5.74) is 0.324. The molecule has 0 aromatic heterocycles.